The zero-order chi connectivity index (χ0) is 16.9. The van der Waals surface area contributed by atoms with Gasteiger partial charge in [-0.1, -0.05) is 6.07 Å². The molecule has 0 aromatic carbocycles. The number of pyridine rings is 1. The highest BCUT2D eigenvalue weighted by Crippen LogP contribution is 2.26. The van der Waals surface area contributed by atoms with Gasteiger partial charge in [0.05, 0.1) is 11.4 Å². The van der Waals surface area contributed by atoms with Crippen molar-refractivity contribution in [3.8, 4) is 10.7 Å². The first kappa shape index (κ1) is 16.6. The number of aryl methyl sites for hydroxylation is 1. The van der Waals surface area contributed by atoms with E-state index in [2.05, 4.69) is 15.3 Å². The summed E-state index contributed by atoms with van der Waals surface area (Å²) in [7, 11) is 0. The molecule has 0 aliphatic carbocycles. The summed E-state index contributed by atoms with van der Waals surface area (Å²) >= 11 is 1.32. The molecule has 1 aliphatic heterocycles. The maximum atomic E-state index is 12.3. The van der Waals surface area contributed by atoms with Gasteiger partial charge in [0, 0.05) is 32.3 Å². The summed E-state index contributed by atoms with van der Waals surface area (Å²) in [6.07, 6.45) is 4.20. The molecular formula is C17H20N4O2S. The fourth-order valence-electron chi connectivity index (χ4n) is 2.69. The van der Waals surface area contributed by atoms with Crippen molar-refractivity contribution < 1.29 is 9.59 Å². The number of thiazole rings is 1. The lowest BCUT2D eigenvalue weighted by Gasteiger charge is -2.15. The highest BCUT2D eigenvalue weighted by Gasteiger charge is 2.19. The van der Waals surface area contributed by atoms with E-state index in [4.69, 9.17) is 0 Å². The van der Waals surface area contributed by atoms with Crippen LogP contribution in [-0.2, 0) is 4.79 Å². The number of nitrogens with zero attached hydrogens (tertiary/aromatic N) is 3. The van der Waals surface area contributed by atoms with Crippen LogP contribution in [0, 0.1) is 6.92 Å². The lowest BCUT2D eigenvalue weighted by molar-refractivity contribution is -0.129. The Morgan fingerprint density at radius 3 is 2.79 bits per heavy atom. The van der Waals surface area contributed by atoms with Crippen LogP contribution in [-0.4, -0.2) is 46.3 Å². The van der Waals surface area contributed by atoms with Crippen LogP contribution in [0.4, 0.5) is 0 Å². The zero-order valence-corrected chi connectivity index (χ0v) is 14.4. The van der Waals surface area contributed by atoms with E-state index in [-0.39, 0.29) is 11.8 Å². The van der Waals surface area contributed by atoms with Crippen molar-refractivity contribution in [1.82, 2.24) is 20.2 Å². The lowest BCUT2D eigenvalue weighted by Crippen LogP contribution is -2.32. The van der Waals surface area contributed by atoms with Gasteiger partial charge in [0.15, 0.2) is 0 Å². The second-order valence-electron chi connectivity index (χ2n) is 5.74. The average Bonchev–Trinajstić information content (AvgIpc) is 3.25. The minimum absolute atomic E-state index is 0.114. The van der Waals surface area contributed by atoms with Gasteiger partial charge in [0.2, 0.25) is 5.91 Å². The molecule has 1 saturated heterocycles. The summed E-state index contributed by atoms with van der Waals surface area (Å²) in [6.45, 7) is 3.85. The normalized spacial score (nSPS) is 14.0. The Hall–Kier alpha value is -2.28. The Morgan fingerprint density at radius 1 is 1.29 bits per heavy atom. The Bertz CT molecular complexity index is 723. The van der Waals surface area contributed by atoms with E-state index in [1.807, 2.05) is 30.0 Å². The molecule has 1 N–H and O–H groups in total. The summed E-state index contributed by atoms with van der Waals surface area (Å²) in [4.78, 5) is 35.4. The molecule has 0 unspecified atom stereocenters. The van der Waals surface area contributed by atoms with Crippen molar-refractivity contribution in [3.63, 3.8) is 0 Å². The van der Waals surface area contributed by atoms with Crippen molar-refractivity contribution in [2.24, 2.45) is 0 Å². The maximum absolute atomic E-state index is 12.3. The Kier molecular flexibility index (Phi) is 5.20. The molecule has 126 valence electrons. The second kappa shape index (κ2) is 7.53. The van der Waals surface area contributed by atoms with Crippen LogP contribution in [0.15, 0.2) is 24.4 Å². The monoisotopic (exact) mass is 344 g/mol. The van der Waals surface area contributed by atoms with Gasteiger partial charge in [-0.05, 0) is 31.9 Å². The van der Waals surface area contributed by atoms with Crippen molar-refractivity contribution >= 4 is 23.2 Å². The fraction of sp³-hybridized carbons (Fsp3) is 0.412. The van der Waals surface area contributed by atoms with Crippen LogP contribution in [0.5, 0.6) is 0 Å². The van der Waals surface area contributed by atoms with Crippen LogP contribution >= 0.6 is 11.3 Å². The van der Waals surface area contributed by atoms with Crippen molar-refractivity contribution in [2.75, 3.05) is 19.6 Å². The second-order valence-corrected chi connectivity index (χ2v) is 6.74. The standard InChI is InChI=1S/C17H20N4O2S/c1-12-15(24-17(20-12)13-6-2-3-8-18-13)16(23)19-9-7-14(22)21-10-4-5-11-21/h2-3,6,8H,4-5,7,9-11H2,1H3,(H,19,23). The summed E-state index contributed by atoms with van der Waals surface area (Å²) in [5.74, 6) is -0.0654. The Balaban J connectivity index is 1.57. The molecule has 0 saturated carbocycles. The molecule has 2 amide bonds. The summed E-state index contributed by atoms with van der Waals surface area (Å²) in [5.41, 5.74) is 1.44. The number of carbonyl (C=O) groups is 2. The van der Waals surface area contributed by atoms with E-state index in [0.717, 1.165) is 36.6 Å². The third-order valence-corrected chi connectivity index (χ3v) is 5.15. The van der Waals surface area contributed by atoms with Gasteiger partial charge in [0.25, 0.3) is 5.91 Å². The van der Waals surface area contributed by atoms with Gasteiger partial charge in [-0.15, -0.1) is 11.3 Å². The SMILES string of the molecule is Cc1nc(-c2ccccn2)sc1C(=O)NCCC(=O)N1CCCC1. The molecule has 24 heavy (non-hydrogen) atoms. The number of amides is 2. The maximum Gasteiger partial charge on any atom is 0.263 e. The van der Waals surface area contributed by atoms with E-state index in [1.54, 1.807) is 6.20 Å². The van der Waals surface area contributed by atoms with E-state index < -0.39 is 0 Å². The molecule has 6 nitrogen and oxygen atoms in total. The van der Waals surface area contributed by atoms with E-state index in [1.165, 1.54) is 11.3 Å². The lowest BCUT2D eigenvalue weighted by atomic mass is 10.3. The van der Waals surface area contributed by atoms with Crippen LogP contribution in [0.1, 0.15) is 34.6 Å². The number of carbonyl (C=O) groups excluding carboxylic acids is 2. The van der Waals surface area contributed by atoms with Gasteiger partial charge < -0.3 is 10.2 Å². The highest BCUT2D eigenvalue weighted by molar-refractivity contribution is 7.17. The highest BCUT2D eigenvalue weighted by atomic mass is 32.1. The third-order valence-electron chi connectivity index (χ3n) is 3.97. The fourth-order valence-corrected chi connectivity index (χ4v) is 3.65. The van der Waals surface area contributed by atoms with E-state index in [0.29, 0.717) is 23.5 Å². The molecule has 0 radical (unpaired) electrons. The summed E-state index contributed by atoms with van der Waals surface area (Å²) in [6, 6.07) is 5.60. The molecule has 2 aromatic rings. The van der Waals surface area contributed by atoms with Gasteiger partial charge in [-0.3, -0.25) is 14.6 Å². The first-order valence-corrected chi connectivity index (χ1v) is 8.91. The predicted molar refractivity (Wildman–Crippen MR) is 92.8 cm³/mol. The van der Waals surface area contributed by atoms with Crippen LogP contribution in [0.25, 0.3) is 10.7 Å². The molecule has 1 fully saturated rings. The zero-order valence-electron chi connectivity index (χ0n) is 13.6. The van der Waals surface area contributed by atoms with Crippen LogP contribution < -0.4 is 5.32 Å². The van der Waals surface area contributed by atoms with E-state index in [9.17, 15) is 9.59 Å². The van der Waals surface area contributed by atoms with Crippen molar-refractivity contribution in [1.29, 1.82) is 0 Å². The van der Waals surface area contributed by atoms with Gasteiger partial charge >= 0.3 is 0 Å². The number of rotatable bonds is 5. The summed E-state index contributed by atoms with van der Waals surface area (Å²) in [5, 5.41) is 3.55. The van der Waals surface area contributed by atoms with Crippen LogP contribution in [0.3, 0.4) is 0 Å². The molecule has 0 spiro atoms. The van der Waals surface area contributed by atoms with Crippen molar-refractivity contribution in [2.45, 2.75) is 26.2 Å². The minimum atomic E-state index is -0.179. The number of hydrogen-bond acceptors (Lipinski definition) is 5. The Morgan fingerprint density at radius 2 is 2.08 bits per heavy atom. The quantitative estimate of drug-likeness (QED) is 0.903. The molecular weight excluding hydrogens is 324 g/mol. The number of likely N-dealkylation sites (tertiary alicyclic amines) is 1. The first-order chi connectivity index (χ1) is 11.6. The number of hydrogen-bond donors (Lipinski definition) is 1. The van der Waals surface area contributed by atoms with Crippen molar-refractivity contribution in [3.05, 3.63) is 35.0 Å². The molecule has 0 atom stereocenters. The topological polar surface area (TPSA) is 75.2 Å². The number of nitrogens with one attached hydrogen (secondary N) is 1. The largest absolute Gasteiger partial charge is 0.351 e. The molecule has 7 heteroatoms. The predicted octanol–water partition coefficient (Wildman–Crippen LogP) is 2.26. The van der Waals surface area contributed by atoms with Gasteiger partial charge in [0.1, 0.15) is 9.88 Å². The number of aromatic nitrogens is 2. The molecule has 2 aromatic heterocycles. The van der Waals surface area contributed by atoms with E-state index >= 15 is 0 Å². The van der Waals surface area contributed by atoms with Gasteiger partial charge in [-0.25, -0.2) is 4.98 Å². The first-order valence-electron chi connectivity index (χ1n) is 8.10. The third kappa shape index (κ3) is 3.79. The molecule has 3 rings (SSSR count). The molecule has 1 aliphatic rings. The van der Waals surface area contributed by atoms with Crippen LogP contribution in [0.2, 0.25) is 0 Å². The average molecular weight is 344 g/mol. The molecule has 0 bridgehead atoms. The summed E-state index contributed by atoms with van der Waals surface area (Å²) < 4.78 is 0. The smallest absolute Gasteiger partial charge is 0.263 e. The Labute approximate surface area is 144 Å². The molecule has 3 heterocycles. The minimum Gasteiger partial charge on any atom is -0.351 e. The van der Waals surface area contributed by atoms with Gasteiger partial charge in [-0.2, -0.15) is 0 Å².